The minimum Gasteiger partial charge on any atom is -0.374 e. The molecule has 0 saturated carbocycles. The van der Waals surface area contributed by atoms with E-state index in [1.54, 1.807) is 0 Å². The molecule has 0 radical (unpaired) electrons. The third kappa shape index (κ3) is 1.80. The molecule has 1 nitrogen and oxygen atoms in total. The molecule has 1 heterocycles. The Kier molecular flexibility index (Phi) is 2.83. The third-order valence-electron chi connectivity index (χ3n) is 3.97. The minimum atomic E-state index is 0.526. The number of rotatable bonds is 1. The van der Waals surface area contributed by atoms with E-state index < -0.39 is 0 Å². The number of hydrogen-bond acceptors (Lipinski definition) is 1. The average Bonchev–Trinajstić information content (AvgIpc) is 2.40. The van der Waals surface area contributed by atoms with Gasteiger partial charge in [0.15, 0.2) is 0 Å². The summed E-state index contributed by atoms with van der Waals surface area (Å²) < 4.78 is 0. The lowest BCUT2D eigenvalue weighted by Crippen LogP contribution is -2.34. The summed E-state index contributed by atoms with van der Waals surface area (Å²) in [7, 11) is 2.19. The molecule has 0 saturated heterocycles. The van der Waals surface area contributed by atoms with Gasteiger partial charge in [-0.1, -0.05) is 55.5 Å². The molecule has 2 aromatic rings. The smallest absolute Gasteiger partial charge is 0.0402 e. The van der Waals surface area contributed by atoms with Gasteiger partial charge >= 0.3 is 0 Å². The molecule has 2 aromatic carbocycles. The van der Waals surface area contributed by atoms with Crippen molar-refractivity contribution in [3.05, 3.63) is 65.7 Å². The summed E-state index contributed by atoms with van der Waals surface area (Å²) in [5, 5.41) is 0. The molecule has 2 unspecified atom stereocenters. The summed E-state index contributed by atoms with van der Waals surface area (Å²) in [5.41, 5.74) is 4.28. The summed E-state index contributed by atoms with van der Waals surface area (Å²) in [6.07, 6.45) is 0. The zero-order valence-electron chi connectivity index (χ0n) is 11.0. The van der Waals surface area contributed by atoms with E-state index in [-0.39, 0.29) is 0 Å². The second kappa shape index (κ2) is 4.49. The lowest BCUT2D eigenvalue weighted by molar-refractivity contribution is 0.490. The summed E-state index contributed by atoms with van der Waals surface area (Å²) in [5.74, 6) is 1.17. The molecule has 18 heavy (non-hydrogen) atoms. The van der Waals surface area contributed by atoms with E-state index in [9.17, 15) is 0 Å². The molecule has 0 bridgehead atoms. The van der Waals surface area contributed by atoms with E-state index in [1.165, 1.54) is 16.8 Å². The van der Waals surface area contributed by atoms with Gasteiger partial charge in [0.25, 0.3) is 0 Å². The van der Waals surface area contributed by atoms with Crippen LogP contribution in [0.5, 0.6) is 0 Å². The quantitative estimate of drug-likeness (QED) is 0.727. The van der Waals surface area contributed by atoms with Crippen LogP contribution in [0.15, 0.2) is 54.6 Å². The number of fused-ring (bicyclic) bond motifs is 1. The van der Waals surface area contributed by atoms with Crippen molar-refractivity contribution in [1.29, 1.82) is 0 Å². The fourth-order valence-electron chi connectivity index (χ4n) is 3.21. The van der Waals surface area contributed by atoms with Gasteiger partial charge in [-0.25, -0.2) is 0 Å². The number of nitrogens with zero attached hydrogens (tertiary/aromatic N) is 1. The van der Waals surface area contributed by atoms with E-state index in [4.69, 9.17) is 0 Å². The minimum absolute atomic E-state index is 0.526. The van der Waals surface area contributed by atoms with Gasteiger partial charge in [0.05, 0.1) is 0 Å². The Morgan fingerprint density at radius 1 is 0.944 bits per heavy atom. The highest BCUT2D eigenvalue weighted by molar-refractivity contribution is 5.59. The normalized spacial score (nSPS) is 22.7. The average molecular weight is 237 g/mol. The lowest BCUT2D eigenvalue weighted by atomic mass is 9.78. The van der Waals surface area contributed by atoms with Crippen LogP contribution >= 0.6 is 0 Å². The van der Waals surface area contributed by atoms with Crippen LogP contribution in [0.4, 0.5) is 5.69 Å². The van der Waals surface area contributed by atoms with Crippen LogP contribution in [0.1, 0.15) is 24.0 Å². The first-order valence-corrected chi connectivity index (χ1v) is 6.62. The standard InChI is InChI=1S/C17H19N/c1-13-12-18(2)16-11-7-6-10-15(16)17(13)14-8-4-3-5-9-14/h3-11,13,17H,12H2,1-2H3. The molecule has 0 amide bonds. The van der Waals surface area contributed by atoms with Crippen LogP contribution < -0.4 is 4.90 Å². The summed E-state index contributed by atoms with van der Waals surface area (Å²) in [6, 6.07) is 19.7. The van der Waals surface area contributed by atoms with Gasteiger partial charge in [0.1, 0.15) is 0 Å². The molecular formula is C17H19N. The maximum absolute atomic E-state index is 2.37. The number of para-hydroxylation sites is 1. The highest BCUT2D eigenvalue weighted by Gasteiger charge is 2.29. The van der Waals surface area contributed by atoms with Crippen LogP contribution in [0.2, 0.25) is 0 Å². The van der Waals surface area contributed by atoms with Crippen molar-refractivity contribution in [3.8, 4) is 0 Å². The molecule has 0 aromatic heterocycles. The van der Waals surface area contributed by atoms with E-state index in [0.717, 1.165) is 6.54 Å². The van der Waals surface area contributed by atoms with Crippen molar-refractivity contribution >= 4 is 5.69 Å². The zero-order valence-corrected chi connectivity index (χ0v) is 11.0. The fraction of sp³-hybridized carbons (Fsp3) is 0.294. The van der Waals surface area contributed by atoms with E-state index in [2.05, 4.69) is 73.5 Å². The Balaban J connectivity index is 2.12. The fourth-order valence-corrected chi connectivity index (χ4v) is 3.21. The van der Waals surface area contributed by atoms with Crippen molar-refractivity contribution < 1.29 is 0 Å². The number of anilines is 1. The molecule has 0 N–H and O–H groups in total. The number of benzene rings is 2. The Morgan fingerprint density at radius 3 is 2.39 bits per heavy atom. The second-order valence-electron chi connectivity index (χ2n) is 5.30. The van der Waals surface area contributed by atoms with Gasteiger partial charge in [-0.3, -0.25) is 0 Å². The molecule has 1 aliphatic heterocycles. The molecule has 3 rings (SSSR count). The van der Waals surface area contributed by atoms with Gasteiger partial charge in [0, 0.05) is 25.2 Å². The Labute approximate surface area is 109 Å². The highest BCUT2D eigenvalue weighted by atomic mass is 15.1. The van der Waals surface area contributed by atoms with Crippen LogP contribution in [-0.4, -0.2) is 13.6 Å². The Bertz CT molecular complexity index is 532. The molecule has 0 aliphatic carbocycles. The van der Waals surface area contributed by atoms with Crippen LogP contribution in [0.25, 0.3) is 0 Å². The first kappa shape index (κ1) is 11.3. The van der Waals surface area contributed by atoms with Gasteiger partial charge in [0.2, 0.25) is 0 Å². The summed E-state index contributed by atoms with van der Waals surface area (Å²) >= 11 is 0. The summed E-state index contributed by atoms with van der Waals surface area (Å²) in [6.45, 7) is 3.47. The van der Waals surface area contributed by atoms with Crippen molar-refractivity contribution in [1.82, 2.24) is 0 Å². The molecule has 0 spiro atoms. The van der Waals surface area contributed by atoms with E-state index in [0.29, 0.717) is 11.8 Å². The molecule has 1 heteroatoms. The topological polar surface area (TPSA) is 3.24 Å². The van der Waals surface area contributed by atoms with Crippen LogP contribution in [-0.2, 0) is 0 Å². The van der Waals surface area contributed by atoms with Gasteiger partial charge in [-0.15, -0.1) is 0 Å². The maximum atomic E-state index is 2.37. The van der Waals surface area contributed by atoms with Gasteiger partial charge in [-0.2, -0.15) is 0 Å². The van der Waals surface area contributed by atoms with E-state index in [1.807, 2.05) is 0 Å². The van der Waals surface area contributed by atoms with Crippen LogP contribution in [0, 0.1) is 5.92 Å². The molecule has 92 valence electrons. The lowest BCUT2D eigenvalue weighted by Gasteiger charge is -2.38. The SMILES string of the molecule is CC1CN(C)c2ccccc2C1c1ccccc1. The predicted molar refractivity (Wildman–Crippen MR) is 77.2 cm³/mol. The Hall–Kier alpha value is -1.76. The van der Waals surface area contributed by atoms with Gasteiger partial charge < -0.3 is 4.90 Å². The van der Waals surface area contributed by atoms with Crippen molar-refractivity contribution in [3.63, 3.8) is 0 Å². The zero-order chi connectivity index (χ0) is 12.5. The summed E-state index contributed by atoms with van der Waals surface area (Å²) in [4.78, 5) is 2.37. The van der Waals surface area contributed by atoms with Crippen molar-refractivity contribution in [2.24, 2.45) is 5.92 Å². The molecule has 0 fully saturated rings. The van der Waals surface area contributed by atoms with Crippen LogP contribution in [0.3, 0.4) is 0 Å². The number of hydrogen-bond donors (Lipinski definition) is 0. The largest absolute Gasteiger partial charge is 0.374 e. The monoisotopic (exact) mass is 237 g/mol. The predicted octanol–water partition coefficient (Wildman–Crippen LogP) is 3.90. The second-order valence-corrected chi connectivity index (χ2v) is 5.30. The van der Waals surface area contributed by atoms with Crippen molar-refractivity contribution in [2.75, 3.05) is 18.5 Å². The molecule has 1 aliphatic rings. The highest BCUT2D eigenvalue weighted by Crippen LogP contribution is 2.41. The van der Waals surface area contributed by atoms with Gasteiger partial charge in [-0.05, 0) is 23.1 Å². The van der Waals surface area contributed by atoms with Crippen molar-refractivity contribution in [2.45, 2.75) is 12.8 Å². The molecule has 2 atom stereocenters. The molecular weight excluding hydrogens is 218 g/mol. The third-order valence-corrected chi connectivity index (χ3v) is 3.97. The maximum Gasteiger partial charge on any atom is 0.0402 e. The first-order valence-electron chi connectivity index (χ1n) is 6.62. The van der Waals surface area contributed by atoms with E-state index >= 15 is 0 Å². The Morgan fingerprint density at radius 2 is 1.61 bits per heavy atom. The first-order chi connectivity index (χ1) is 8.77.